The first-order valence-corrected chi connectivity index (χ1v) is 16.5. The molecule has 0 spiro atoms. The molecule has 3 aliphatic rings. The van der Waals surface area contributed by atoms with E-state index in [4.69, 9.17) is 0 Å². The maximum atomic E-state index is 14.9. The Labute approximate surface area is 246 Å². The zero-order valence-corrected chi connectivity index (χ0v) is 24.7. The highest BCUT2D eigenvalue weighted by molar-refractivity contribution is 7.52. The van der Waals surface area contributed by atoms with Crippen molar-refractivity contribution in [2.75, 3.05) is 13.1 Å². The van der Waals surface area contributed by atoms with Crippen LogP contribution in [-0.2, 0) is 19.6 Å². The second-order valence-corrected chi connectivity index (χ2v) is 14.5. The van der Waals surface area contributed by atoms with E-state index in [1.54, 1.807) is 16.0 Å². The van der Waals surface area contributed by atoms with Gasteiger partial charge in [0.15, 0.2) is 0 Å². The molecule has 222 valence electrons. The molecule has 2 aromatic heterocycles. The molecule has 0 bridgehead atoms. The summed E-state index contributed by atoms with van der Waals surface area (Å²) in [6.07, 6.45) is 6.86. The van der Waals surface area contributed by atoms with Gasteiger partial charge >= 0.3 is 7.60 Å². The van der Waals surface area contributed by atoms with Crippen LogP contribution in [0.3, 0.4) is 0 Å². The molecule has 1 aromatic carbocycles. The number of thiophene rings is 1. The summed E-state index contributed by atoms with van der Waals surface area (Å²) in [7, 11) is -5.07. The second-order valence-electron chi connectivity index (χ2n) is 11.5. The molecule has 3 fully saturated rings. The first-order chi connectivity index (χ1) is 19.9. The van der Waals surface area contributed by atoms with Gasteiger partial charge in [-0.3, -0.25) is 23.9 Å². The van der Waals surface area contributed by atoms with Gasteiger partial charge in [-0.05, 0) is 74.2 Å². The zero-order valence-electron chi connectivity index (χ0n) is 23.0. The van der Waals surface area contributed by atoms with Crippen molar-refractivity contribution in [3.8, 4) is 0 Å². The van der Waals surface area contributed by atoms with E-state index in [0.717, 1.165) is 43.1 Å². The monoisotopic (exact) mass is 614 g/mol. The molecule has 3 N–H and O–H groups in total. The van der Waals surface area contributed by atoms with Crippen LogP contribution in [0.1, 0.15) is 65.7 Å². The maximum absolute atomic E-state index is 14.9. The number of amides is 3. The average Bonchev–Trinajstić information content (AvgIpc) is 3.52. The van der Waals surface area contributed by atoms with E-state index in [1.165, 1.54) is 24.3 Å². The molecule has 10 nitrogen and oxygen atoms in total. The van der Waals surface area contributed by atoms with Crippen molar-refractivity contribution < 1.29 is 33.1 Å². The van der Waals surface area contributed by atoms with E-state index in [9.17, 15) is 33.1 Å². The third-order valence-electron chi connectivity index (χ3n) is 8.84. The molecule has 3 aromatic rings. The van der Waals surface area contributed by atoms with E-state index in [0.29, 0.717) is 40.9 Å². The largest absolute Gasteiger partial charge is 0.366 e. The maximum Gasteiger partial charge on any atom is 0.366 e. The summed E-state index contributed by atoms with van der Waals surface area (Å²) in [5.74, 6) is -0.519. The molecule has 0 saturated carbocycles. The molecule has 3 aliphatic heterocycles. The summed E-state index contributed by atoms with van der Waals surface area (Å²) in [6, 6.07) is 8.23. The van der Waals surface area contributed by atoms with Crippen LogP contribution in [0.2, 0.25) is 0 Å². The summed E-state index contributed by atoms with van der Waals surface area (Å²) < 4.78 is 27.2. The smallest absolute Gasteiger partial charge is 0.340 e. The Morgan fingerprint density at radius 2 is 1.93 bits per heavy atom. The number of nitrogens with one attached hydrogen (secondary N) is 1. The minimum atomic E-state index is -5.07. The second kappa shape index (κ2) is 10.8. The molecule has 13 heteroatoms. The van der Waals surface area contributed by atoms with E-state index in [2.05, 4.69) is 10.3 Å². The Hall–Kier alpha value is -3.18. The normalized spacial score (nSPS) is 24.6. The van der Waals surface area contributed by atoms with Crippen LogP contribution < -0.4 is 5.32 Å². The van der Waals surface area contributed by atoms with Crippen molar-refractivity contribution in [3.05, 3.63) is 64.8 Å². The number of carbonyl (C=O) groups is 3. The first kappa shape index (κ1) is 28.9. The number of aromatic nitrogens is 1. The lowest BCUT2D eigenvalue weighted by atomic mass is 9.92. The summed E-state index contributed by atoms with van der Waals surface area (Å²) in [5, 5.41) is 0.465. The number of rotatable bonds is 6. The first-order valence-electron chi connectivity index (χ1n) is 14.0. The summed E-state index contributed by atoms with van der Waals surface area (Å²) in [5.41, 5.74) is 0.911. The summed E-state index contributed by atoms with van der Waals surface area (Å²) in [6.45, 7) is 2.02. The lowest BCUT2D eigenvalue weighted by Gasteiger charge is -2.42. The average molecular weight is 615 g/mol. The van der Waals surface area contributed by atoms with E-state index in [-0.39, 0.29) is 29.3 Å². The van der Waals surface area contributed by atoms with Gasteiger partial charge in [-0.25, -0.2) is 4.39 Å². The Bertz CT molecular complexity index is 1590. The van der Waals surface area contributed by atoms with Gasteiger partial charge in [-0.15, -0.1) is 11.3 Å². The van der Waals surface area contributed by atoms with Crippen LogP contribution >= 0.6 is 18.9 Å². The van der Waals surface area contributed by atoms with Crippen LogP contribution in [0, 0.1) is 0 Å². The highest BCUT2D eigenvalue weighted by atomic mass is 32.1. The SMILES string of the molecule is CC(F)(c1ccc2sc(C(=O)N[C@H]3CCC[C@H]4CC[C@@H](C(=O)N5CC(c6cccnc6)C5)N4C3=O)cc2c1)P(=O)(O)O. The van der Waals surface area contributed by atoms with Gasteiger partial charge < -0.3 is 24.9 Å². The molecule has 5 heterocycles. The van der Waals surface area contributed by atoms with Crippen molar-refractivity contribution in [2.24, 2.45) is 0 Å². The van der Waals surface area contributed by atoms with Gasteiger partial charge in [0.2, 0.25) is 17.2 Å². The van der Waals surface area contributed by atoms with Crippen molar-refractivity contribution >= 4 is 46.7 Å². The molecule has 3 amide bonds. The summed E-state index contributed by atoms with van der Waals surface area (Å²) >= 11 is 1.15. The standard InChI is InChI=1S/C29H32FN4O6PS/c1-29(30,41(38,39)40)20-7-10-24-18(12-20)13-25(42-24)26(35)32-22-6-2-5-21-8-9-23(34(21)27(22)36)28(37)33-15-19(16-33)17-4-3-11-31-14-17/h3-4,7,10-14,19,21-23H,2,5-6,8-9,15-16H2,1H3,(H,32,35)(H2,38,39,40)/t21-,22-,23-,29?/m0/s1. The number of hydrogen-bond acceptors (Lipinski definition) is 6. The summed E-state index contributed by atoms with van der Waals surface area (Å²) in [4.78, 5) is 67.4. The predicted octanol–water partition coefficient (Wildman–Crippen LogP) is 3.88. The predicted molar refractivity (Wildman–Crippen MR) is 155 cm³/mol. The number of benzene rings is 1. The number of alkyl halides is 1. The van der Waals surface area contributed by atoms with Gasteiger partial charge in [-0.2, -0.15) is 0 Å². The third kappa shape index (κ3) is 5.15. The fourth-order valence-corrected chi connectivity index (χ4v) is 7.69. The van der Waals surface area contributed by atoms with Crippen LogP contribution in [0.5, 0.6) is 0 Å². The highest BCUT2D eigenvalue weighted by Crippen LogP contribution is 2.58. The van der Waals surface area contributed by atoms with Crippen molar-refractivity contribution in [2.45, 2.75) is 68.5 Å². The molecular formula is C29H32FN4O6PS. The topological polar surface area (TPSA) is 140 Å². The number of fused-ring (bicyclic) bond motifs is 2. The fraction of sp³-hybridized carbons (Fsp3) is 0.448. The number of hydrogen-bond donors (Lipinski definition) is 3. The highest BCUT2D eigenvalue weighted by Gasteiger charge is 2.48. The van der Waals surface area contributed by atoms with Crippen LogP contribution in [0.25, 0.3) is 10.1 Å². The lowest BCUT2D eigenvalue weighted by molar-refractivity contribution is -0.148. The number of nitrogens with zero attached hydrogens (tertiary/aromatic N) is 3. The molecule has 6 rings (SSSR count). The molecule has 3 saturated heterocycles. The van der Waals surface area contributed by atoms with Crippen LogP contribution in [0.15, 0.2) is 48.8 Å². The van der Waals surface area contributed by atoms with Crippen LogP contribution in [-0.4, -0.2) is 73.5 Å². The van der Waals surface area contributed by atoms with Gasteiger partial charge in [0.1, 0.15) is 12.1 Å². The van der Waals surface area contributed by atoms with Gasteiger partial charge in [0, 0.05) is 47.7 Å². The quantitative estimate of drug-likeness (QED) is 0.358. The number of likely N-dealkylation sites (tertiary alicyclic amines) is 1. The van der Waals surface area contributed by atoms with Crippen LogP contribution in [0.4, 0.5) is 4.39 Å². The Balaban J connectivity index is 1.15. The van der Waals surface area contributed by atoms with Gasteiger partial charge in [0.05, 0.1) is 4.88 Å². The molecular weight excluding hydrogens is 582 g/mol. The molecule has 0 radical (unpaired) electrons. The molecule has 42 heavy (non-hydrogen) atoms. The minimum Gasteiger partial charge on any atom is -0.340 e. The number of pyridine rings is 1. The molecule has 4 atom stereocenters. The van der Waals surface area contributed by atoms with Crippen molar-refractivity contribution in [3.63, 3.8) is 0 Å². The van der Waals surface area contributed by atoms with Crippen molar-refractivity contribution in [1.82, 2.24) is 20.1 Å². The number of carbonyl (C=O) groups excluding carboxylic acids is 3. The third-order valence-corrected chi connectivity index (χ3v) is 11.3. The lowest BCUT2D eigenvalue weighted by Crippen LogP contribution is -2.58. The van der Waals surface area contributed by atoms with E-state index in [1.807, 2.05) is 18.3 Å². The fourth-order valence-electron chi connectivity index (χ4n) is 6.27. The Kier molecular flexibility index (Phi) is 7.45. The van der Waals surface area contributed by atoms with E-state index < -0.39 is 31.0 Å². The molecule has 0 aliphatic carbocycles. The molecule has 1 unspecified atom stereocenters. The minimum absolute atomic E-state index is 0.0319. The van der Waals surface area contributed by atoms with Gasteiger partial charge in [0.25, 0.3) is 5.91 Å². The van der Waals surface area contributed by atoms with Crippen molar-refractivity contribution in [1.29, 1.82) is 0 Å². The zero-order chi connectivity index (χ0) is 29.8. The van der Waals surface area contributed by atoms with E-state index >= 15 is 0 Å². The van der Waals surface area contributed by atoms with Gasteiger partial charge in [-0.1, -0.05) is 12.1 Å². The number of halogens is 1. The Morgan fingerprint density at radius 3 is 2.64 bits per heavy atom. The Morgan fingerprint density at radius 1 is 1.14 bits per heavy atom.